The van der Waals surface area contributed by atoms with Crippen LogP contribution < -0.4 is 0 Å². The summed E-state index contributed by atoms with van der Waals surface area (Å²) in [4.78, 5) is 26.6. The Morgan fingerprint density at radius 3 is 2.11 bits per heavy atom. The van der Waals surface area contributed by atoms with Crippen LogP contribution in [0.25, 0.3) is 0 Å². The summed E-state index contributed by atoms with van der Waals surface area (Å²) in [5.41, 5.74) is 0. The number of aliphatic carboxylic acids is 1. The molecule has 1 fully saturated rings. The molecule has 0 aliphatic carbocycles. The summed E-state index contributed by atoms with van der Waals surface area (Å²) >= 11 is 0. The summed E-state index contributed by atoms with van der Waals surface area (Å²) in [6.07, 6.45) is 4.40. The summed E-state index contributed by atoms with van der Waals surface area (Å²) in [5, 5.41) is 8.70. The molecule has 0 spiro atoms. The Morgan fingerprint density at radius 2 is 1.68 bits per heavy atom. The minimum Gasteiger partial charge on any atom is -0.481 e. The average molecular weight is 270 g/mol. The fourth-order valence-electron chi connectivity index (χ4n) is 2.30. The van der Waals surface area contributed by atoms with Gasteiger partial charge < -0.3 is 14.9 Å². The molecule has 0 atom stereocenters. The second kappa shape index (κ2) is 8.02. The van der Waals surface area contributed by atoms with Gasteiger partial charge >= 0.3 is 12.0 Å². The number of rotatable bonds is 8. The van der Waals surface area contributed by atoms with Gasteiger partial charge in [0.25, 0.3) is 0 Å². The van der Waals surface area contributed by atoms with E-state index in [2.05, 4.69) is 13.8 Å². The van der Waals surface area contributed by atoms with Gasteiger partial charge in [0.15, 0.2) is 0 Å². The van der Waals surface area contributed by atoms with E-state index >= 15 is 0 Å². The van der Waals surface area contributed by atoms with Gasteiger partial charge in [0.05, 0.1) is 6.42 Å². The predicted molar refractivity (Wildman–Crippen MR) is 74.1 cm³/mol. The number of carbonyl (C=O) groups excluding carboxylic acids is 1. The predicted octanol–water partition coefficient (Wildman–Crippen LogP) is 2.42. The Kier molecular flexibility index (Phi) is 6.67. The Balaban J connectivity index is 2.37. The number of likely N-dealkylation sites (tertiary alicyclic amines) is 1. The molecule has 0 aromatic heterocycles. The highest BCUT2D eigenvalue weighted by Gasteiger charge is 2.34. The zero-order valence-corrected chi connectivity index (χ0v) is 12.1. The smallest absolute Gasteiger partial charge is 0.320 e. The van der Waals surface area contributed by atoms with Gasteiger partial charge in [-0.1, -0.05) is 26.7 Å². The molecule has 1 N–H and O–H groups in total. The average Bonchev–Trinajstić information content (AvgIpc) is 2.32. The first-order chi connectivity index (χ1) is 9.08. The Bertz CT molecular complexity index is 293. The van der Waals surface area contributed by atoms with Crippen LogP contribution in [0.2, 0.25) is 0 Å². The quantitative estimate of drug-likeness (QED) is 0.737. The van der Waals surface area contributed by atoms with E-state index < -0.39 is 5.97 Å². The van der Waals surface area contributed by atoms with E-state index in [4.69, 9.17) is 5.11 Å². The number of unbranched alkanes of at least 4 members (excludes halogenated alkanes) is 2. The lowest BCUT2D eigenvalue weighted by molar-refractivity contribution is -0.139. The summed E-state index contributed by atoms with van der Waals surface area (Å²) in [5.74, 6) is -0.633. The molecular formula is C14H26N2O3. The third-order valence-corrected chi connectivity index (χ3v) is 3.52. The molecule has 5 heteroatoms. The molecule has 0 radical (unpaired) electrons. The van der Waals surface area contributed by atoms with E-state index in [1.54, 1.807) is 4.90 Å². The van der Waals surface area contributed by atoms with E-state index in [-0.39, 0.29) is 18.4 Å². The SMILES string of the molecule is CCCCN(CCCC)C(=O)N1CC(CC(=O)O)C1. The number of amides is 2. The van der Waals surface area contributed by atoms with Gasteiger partial charge in [-0.25, -0.2) is 4.79 Å². The highest BCUT2D eigenvalue weighted by atomic mass is 16.4. The van der Waals surface area contributed by atoms with E-state index in [1.165, 1.54) is 0 Å². The van der Waals surface area contributed by atoms with Crippen molar-refractivity contribution in [3.05, 3.63) is 0 Å². The Hall–Kier alpha value is -1.26. The second-order valence-corrected chi connectivity index (χ2v) is 5.35. The van der Waals surface area contributed by atoms with Crippen LogP contribution in [-0.2, 0) is 4.79 Å². The third-order valence-electron chi connectivity index (χ3n) is 3.52. The molecule has 0 aromatic rings. The fraction of sp³-hybridized carbons (Fsp3) is 0.857. The molecule has 1 saturated heterocycles. The highest BCUT2D eigenvalue weighted by molar-refractivity contribution is 5.76. The lowest BCUT2D eigenvalue weighted by atomic mass is 9.97. The van der Waals surface area contributed by atoms with E-state index in [0.717, 1.165) is 38.8 Å². The van der Waals surface area contributed by atoms with Crippen molar-refractivity contribution >= 4 is 12.0 Å². The van der Waals surface area contributed by atoms with Gasteiger partial charge in [-0.2, -0.15) is 0 Å². The summed E-state index contributed by atoms with van der Waals surface area (Å²) < 4.78 is 0. The summed E-state index contributed by atoms with van der Waals surface area (Å²) in [7, 11) is 0. The van der Waals surface area contributed by atoms with Crippen molar-refractivity contribution in [3.8, 4) is 0 Å². The molecule has 5 nitrogen and oxygen atoms in total. The van der Waals surface area contributed by atoms with Gasteiger partial charge in [-0.05, 0) is 12.8 Å². The maximum absolute atomic E-state index is 12.3. The van der Waals surface area contributed by atoms with Crippen molar-refractivity contribution < 1.29 is 14.7 Å². The number of hydrogen-bond acceptors (Lipinski definition) is 2. The number of carboxylic acid groups (broad SMARTS) is 1. The van der Waals surface area contributed by atoms with Crippen molar-refractivity contribution in [2.75, 3.05) is 26.2 Å². The van der Waals surface area contributed by atoms with Gasteiger partial charge in [-0.15, -0.1) is 0 Å². The molecular weight excluding hydrogens is 244 g/mol. The number of urea groups is 1. The highest BCUT2D eigenvalue weighted by Crippen LogP contribution is 2.21. The van der Waals surface area contributed by atoms with Crippen molar-refractivity contribution in [3.63, 3.8) is 0 Å². The number of hydrogen-bond donors (Lipinski definition) is 1. The largest absolute Gasteiger partial charge is 0.481 e. The van der Waals surface area contributed by atoms with Crippen LogP contribution in [-0.4, -0.2) is 53.1 Å². The van der Waals surface area contributed by atoms with Crippen LogP contribution in [0.4, 0.5) is 4.79 Å². The zero-order valence-electron chi connectivity index (χ0n) is 12.1. The minimum absolute atomic E-state index is 0.0866. The first-order valence-corrected chi connectivity index (χ1v) is 7.34. The molecule has 0 aromatic carbocycles. The van der Waals surface area contributed by atoms with Crippen LogP contribution in [0, 0.1) is 5.92 Å². The number of nitrogens with zero attached hydrogens (tertiary/aromatic N) is 2. The topological polar surface area (TPSA) is 60.9 Å². The molecule has 0 bridgehead atoms. The fourth-order valence-corrected chi connectivity index (χ4v) is 2.30. The van der Waals surface area contributed by atoms with Crippen LogP contribution in [0.1, 0.15) is 46.0 Å². The molecule has 110 valence electrons. The van der Waals surface area contributed by atoms with Gasteiger partial charge in [0.2, 0.25) is 0 Å². The second-order valence-electron chi connectivity index (χ2n) is 5.35. The van der Waals surface area contributed by atoms with Gasteiger partial charge in [-0.3, -0.25) is 4.79 Å². The van der Waals surface area contributed by atoms with Crippen LogP contribution in [0.15, 0.2) is 0 Å². The molecule has 0 saturated carbocycles. The van der Waals surface area contributed by atoms with E-state index in [1.807, 2.05) is 4.90 Å². The standard InChI is InChI=1S/C14H26N2O3/c1-3-5-7-15(8-6-4-2)14(19)16-10-12(11-16)9-13(17)18/h12H,3-11H2,1-2H3,(H,17,18). The van der Waals surface area contributed by atoms with Crippen molar-refractivity contribution in [1.82, 2.24) is 9.80 Å². The molecule has 19 heavy (non-hydrogen) atoms. The maximum Gasteiger partial charge on any atom is 0.320 e. The monoisotopic (exact) mass is 270 g/mol. The third kappa shape index (κ3) is 5.09. The molecule has 1 aliphatic rings. The first-order valence-electron chi connectivity index (χ1n) is 7.34. The first kappa shape index (κ1) is 15.8. The molecule has 2 amide bonds. The minimum atomic E-state index is -0.772. The molecule has 0 unspecified atom stereocenters. The maximum atomic E-state index is 12.3. The number of carbonyl (C=O) groups is 2. The van der Waals surface area contributed by atoms with Crippen molar-refractivity contribution in [1.29, 1.82) is 0 Å². The molecule has 1 heterocycles. The Morgan fingerprint density at radius 1 is 1.16 bits per heavy atom. The Labute approximate surface area is 115 Å². The van der Waals surface area contributed by atoms with Crippen molar-refractivity contribution in [2.24, 2.45) is 5.92 Å². The van der Waals surface area contributed by atoms with Crippen molar-refractivity contribution in [2.45, 2.75) is 46.0 Å². The van der Waals surface area contributed by atoms with E-state index in [0.29, 0.717) is 13.1 Å². The summed E-state index contributed by atoms with van der Waals surface area (Å²) in [6, 6.07) is 0.0866. The van der Waals surface area contributed by atoms with Gasteiger partial charge in [0.1, 0.15) is 0 Å². The van der Waals surface area contributed by atoms with Crippen LogP contribution >= 0.6 is 0 Å². The molecule has 1 aliphatic heterocycles. The van der Waals surface area contributed by atoms with E-state index in [9.17, 15) is 9.59 Å². The normalized spacial score (nSPS) is 15.2. The lowest BCUT2D eigenvalue weighted by Crippen LogP contribution is -2.55. The number of carboxylic acids is 1. The molecule has 1 rings (SSSR count). The van der Waals surface area contributed by atoms with Gasteiger partial charge in [0, 0.05) is 32.1 Å². The lowest BCUT2D eigenvalue weighted by Gasteiger charge is -2.41. The van der Waals surface area contributed by atoms with Crippen LogP contribution in [0.3, 0.4) is 0 Å². The zero-order chi connectivity index (χ0) is 14.3. The van der Waals surface area contributed by atoms with Crippen LogP contribution in [0.5, 0.6) is 0 Å². The summed E-state index contributed by atoms with van der Waals surface area (Å²) in [6.45, 7) is 7.06.